The first-order chi connectivity index (χ1) is 19.4. The number of nitrogens with one attached hydrogen (secondary N) is 1. The van der Waals surface area contributed by atoms with E-state index in [1.807, 2.05) is 54.3 Å². The van der Waals surface area contributed by atoms with Crippen molar-refractivity contribution in [1.29, 1.82) is 5.26 Å². The van der Waals surface area contributed by atoms with E-state index in [1.165, 1.54) is 0 Å². The Morgan fingerprint density at radius 1 is 1.00 bits per heavy atom. The molecule has 2 saturated heterocycles. The number of piperidine rings is 1. The van der Waals surface area contributed by atoms with E-state index in [9.17, 15) is 14.6 Å². The summed E-state index contributed by atoms with van der Waals surface area (Å²) in [6.07, 6.45) is 5.30. The lowest BCUT2D eigenvalue weighted by molar-refractivity contribution is 0.0745. The van der Waals surface area contributed by atoms with Crippen molar-refractivity contribution < 1.29 is 9.35 Å². The van der Waals surface area contributed by atoms with E-state index in [-0.39, 0.29) is 5.91 Å². The largest absolute Gasteiger partial charge is 0.612 e. The number of carbonyl (C=O) groups excluding carboxylic acids is 1. The second-order valence-corrected chi connectivity index (χ2v) is 11.9. The van der Waals surface area contributed by atoms with Crippen molar-refractivity contribution in [2.45, 2.75) is 37.6 Å². The van der Waals surface area contributed by atoms with Gasteiger partial charge in [-0.25, -0.2) is 4.98 Å². The van der Waals surface area contributed by atoms with E-state index in [2.05, 4.69) is 39.2 Å². The van der Waals surface area contributed by atoms with E-state index >= 15 is 0 Å². The highest BCUT2D eigenvalue weighted by atomic mass is 32.2. The third-order valence-electron chi connectivity index (χ3n) is 7.95. The zero-order valence-corrected chi connectivity index (χ0v) is 24.2. The van der Waals surface area contributed by atoms with Gasteiger partial charge in [0.05, 0.1) is 11.3 Å². The lowest BCUT2D eigenvalue weighted by Gasteiger charge is -2.36. The predicted molar refractivity (Wildman–Crippen MR) is 161 cm³/mol. The molecule has 3 aromatic rings. The number of pyridine rings is 1. The standard InChI is InChI=1S/C31H36N6O2S/c1-22-19-23(2)27(34-25-10-13-35(14-11-25)28-8-5-4-7-24(28)21-32)20-26(22)31(38)37-17-15-36(16-18-37)30-29(40(3)39)9-6-12-33-30/h4-9,12,19-20,25,34H,10-11,13-18H2,1-3H3. The minimum Gasteiger partial charge on any atom is -0.612 e. The minimum atomic E-state index is -1.12. The molecular formula is C31H36N6O2S. The van der Waals surface area contributed by atoms with Gasteiger partial charge in [0.1, 0.15) is 12.3 Å². The average Bonchev–Trinajstić information content (AvgIpc) is 2.98. The van der Waals surface area contributed by atoms with Gasteiger partial charge in [0, 0.05) is 62.8 Å². The van der Waals surface area contributed by atoms with Crippen LogP contribution in [-0.2, 0) is 11.2 Å². The maximum absolute atomic E-state index is 13.6. The van der Waals surface area contributed by atoms with Crippen LogP contribution < -0.4 is 15.1 Å². The number of anilines is 3. The number of para-hydroxylation sites is 1. The first-order valence-corrected chi connectivity index (χ1v) is 15.4. The molecule has 0 aliphatic carbocycles. The van der Waals surface area contributed by atoms with Gasteiger partial charge in [-0.3, -0.25) is 4.79 Å². The molecule has 1 aromatic heterocycles. The number of carbonyl (C=O) groups is 1. The van der Waals surface area contributed by atoms with Crippen LogP contribution in [0.4, 0.5) is 17.2 Å². The van der Waals surface area contributed by atoms with Gasteiger partial charge in [0.25, 0.3) is 5.91 Å². The molecule has 3 heterocycles. The molecule has 40 heavy (non-hydrogen) atoms. The Balaban J connectivity index is 1.23. The van der Waals surface area contributed by atoms with E-state index in [0.29, 0.717) is 37.8 Å². The van der Waals surface area contributed by atoms with Crippen LogP contribution >= 0.6 is 0 Å². The highest BCUT2D eigenvalue weighted by molar-refractivity contribution is 7.90. The molecule has 5 rings (SSSR count). The molecular weight excluding hydrogens is 520 g/mol. The van der Waals surface area contributed by atoms with Gasteiger partial charge in [0.15, 0.2) is 10.7 Å². The van der Waals surface area contributed by atoms with Crippen molar-refractivity contribution in [2.24, 2.45) is 0 Å². The number of hydrogen-bond donors (Lipinski definition) is 1. The Morgan fingerprint density at radius 3 is 2.42 bits per heavy atom. The van der Waals surface area contributed by atoms with E-state index < -0.39 is 11.2 Å². The normalized spacial score (nSPS) is 16.9. The number of aryl methyl sites for hydroxylation is 2. The smallest absolute Gasteiger partial charge is 0.254 e. The van der Waals surface area contributed by atoms with Crippen LogP contribution in [0.5, 0.6) is 0 Å². The Hall–Kier alpha value is -3.74. The summed E-state index contributed by atoms with van der Waals surface area (Å²) in [4.78, 5) is 25.2. The summed E-state index contributed by atoms with van der Waals surface area (Å²) in [5, 5.41) is 13.2. The monoisotopic (exact) mass is 556 g/mol. The molecule has 2 aliphatic heterocycles. The van der Waals surface area contributed by atoms with Crippen molar-refractivity contribution in [2.75, 3.05) is 60.6 Å². The number of piperazine rings is 1. The van der Waals surface area contributed by atoms with Crippen LogP contribution in [-0.4, -0.2) is 71.9 Å². The van der Waals surface area contributed by atoms with Crippen LogP contribution in [0.15, 0.2) is 59.6 Å². The van der Waals surface area contributed by atoms with Crippen molar-refractivity contribution >= 4 is 34.3 Å². The maximum Gasteiger partial charge on any atom is 0.254 e. The molecule has 0 saturated carbocycles. The number of nitriles is 1. The predicted octanol–water partition coefficient (Wildman–Crippen LogP) is 4.35. The topological polar surface area (TPSA) is 98.6 Å². The minimum absolute atomic E-state index is 0.0449. The van der Waals surface area contributed by atoms with E-state index in [0.717, 1.165) is 64.7 Å². The first kappa shape index (κ1) is 27.8. The fourth-order valence-corrected chi connectivity index (χ4v) is 6.41. The third kappa shape index (κ3) is 5.88. The summed E-state index contributed by atoms with van der Waals surface area (Å²) < 4.78 is 12.2. The second-order valence-electron chi connectivity index (χ2n) is 10.6. The molecule has 9 heteroatoms. The zero-order chi connectivity index (χ0) is 28.2. The van der Waals surface area contributed by atoms with Gasteiger partial charge in [-0.15, -0.1) is 0 Å². The van der Waals surface area contributed by atoms with Gasteiger partial charge in [0.2, 0.25) is 0 Å². The maximum atomic E-state index is 13.6. The number of amides is 1. The molecule has 0 radical (unpaired) electrons. The molecule has 0 bridgehead atoms. The van der Waals surface area contributed by atoms with Gasteiger partial charge in [-0.05, 0) is 79.3 Å². The number of hydrogen-bond acceptors (Lipinski definition) is 7. The summed E-state index contributed by atoms with van der Waals surface area (Å²) in [6, 6.07) is 18.2. The molecule has 8 nitrogen and oxygen atoms in total. The molecule has 0 spiro atoms. The van der Waals surface area contributed by atoms with Crippen molar-refractivity contribution in [1.82, 2.24) is 9.88 Å². The Kier molecular flexibility index (Phi) is 8.48. The Morgan fingerprint density at radius 2 is 1.73 bits per heavy atom. The number of rotatable bonds is 6. The zero-order valence-electron chi connectivity index (χ0n) is 23.4. The highest BCUT2D eigenvalue weighted by Crippen LogP contribution is 2.29. The number of benzene rings is 2. The van der Waals surface area contributed by atoms with Crippen molar-refractivity contribution in [3.05, 3.63) is 77.0 Å². The summed E-state index contributed by atoms with van der Waals surface area (Å²) in [5.74, 6) is 0.791. The molecule has 2 fully saturated rings. The molecule has 1 atom stereocenters. The van der Waals surface area contributed by atoms with Gasteiger partial charge in [-0.2, -0.15) is 5.26 Å². The van der Waals surface area contributed by atoms with Gasteiger partial charge < -0.3 is 24.6 Å². The van der Waals surface area contributed by atoms with Crippen LogP contribution in [0.3, 0.4) is 0 Å². The molecule has 208 valence electrons. The number of nitrogens with zero attached hydrogens (tertiary/aromatic N) is 5. The van der Waals surface area contributed by atoms with E-state index in [4.69, 9.17) is 0 Å². The quantitative estimate of drug-likeness (QED) is 0.451. The van der Waals surface area contributed by atoms with Crippen LogP contribution in [0.1, 0.15) is 39.9 Å². The molecule has 2 aliphatic rings. The van der Waals surface area contributed by atoms with E-state index in [1.54, 1.807) is 12.5 Å². The summed E-state index contributed by atoms with van der Waals surface area (Å²) in [5.41, 5.74) is 5.57. The third-order valence-corrected chi connectivity index (χ3v) is 8.89. The highest BCUT2D eigenvalue weighted by Gasteiger charge is 2.28. The average molecular weight is 557 g/mol. The summed E-state index contributed by atoms with van der Waals surface area (Å²) in [7, 11) is 0. The van der Waals surface area contributed by atoms with Crippen LogP contribution in [0.25, 0.3) is 0 Å². The lowest BCUT2D eigenvalue weighted by atomic mass is 9.99. The van der Waals surface area contributed by atoms with Gasteiger partial charge >= 0.3 is 0 Å². The second kappa shape index (κ2) is 12.2. The Bertz CT molecular complexity index is 1410. The van der Waals surface area contributed by atoms with Crippen LogP contribution in [0, 0.1) is 25.2 Å². The Labute approximate surface area is 239 Å². The van der Waals surface area contributed by atoms with Crippen molar-refractivity contribution in [3.63, 3.8) is 0 Å². The lowest BCUT2D eigenvalue weighted by Crippen LogP contribution is -2.49. The molecule has 1 amide bonds. The fraction of sp³-hybridized carbons (Fsp3) is 0.387. The fourth-order valence-electron chi connectivity index (χ4n) is 5.70. The van der Waals surface area contributed by atoms with Crippen LogP contribution in [0.2, 0.25) is 0 Å². The first-order valence-electron chi connectivity index (χ1n) is 13.8. The summed E-state index contributed by atoms with van der Waals surface area (Å²) >= 11 is -1.12. The van der Waals surface area contributed by atoms with Crippen molar-refractivity contribution in [3.8, 4) is 6.07 Å². The summed E-state index contributed by atoms with van der Waals surface area (Å²) in [6.45, 7) is 8.31. The SMILES string of the molecule is Cc1cc(C)c(C(=O)N2CCN(c3ncccc3[S+](C)[O-])CC2)cc1NC1CCN(c2ccccc2C#N)CC1. The van der Waals surface area contributed by atoms with Gasteiger partial charge in [-0.1, -0.05) is 18.2 Å². The number of aromatic nitrogens is 1. The molecule has 1 unspecified atom stereocenters. The molecule has 1 N–H and O–H groups in total. The molecule has 2 aromatic carbocycles.